The standard InChI is InChI=1S/C14H14N2O2.HI/c1-15-6-16(2)12-11(15)13(17)9-7-3-4-8(5-7)10(9)14(12)18;/h3-4,6-8H,5H2,1-2H3,(H-,17,18);1H. The van der Waals surface area contributed by atoms with Crippen LogP contribution in [-0.4, -0.2) is 14.8 Å². The first-order valence-electron chi connectivity index (χ1n) is 6.20. The molecule has 0 spiro atoms. The van der Waals surface area contributed by atoms with Crippen LogP contribution in [0.25, 0.3) is 11.0 Å². The van der Waals surface area contributed by atoms with Crippen LogP contribution in [0.4, 0.5) is 0 Å². The smallest absolute Gasteiger partial charge is 0.244 e. The Morgan fingerprint density at radius 1 is 1.16 bits per heavy atom. The van der Waals surface area contributed by atoms with E-state index in [9.17, 15) is 10.2 Å². The van der Waals surface area contributed by atoms with Crippen LogP contribution in [0.3, 0.4) is 0 Å². The molecule has 0 fully saturated rings. The van der Waals surface area contributed by atoms with Crippen molar-refractivity contribution in [2.45, 2.75) is 18.3 Å². The number of fused-ring (bicyclic) bond motifs is 6. The molecule has 5 heteroatoms. The highest BCUT2D eigenvalue weighted by Gasteiger charge is 2.41. The molecule has 0 saturated heterocycles. The molecule has 1 heterocycles. The van der Waals surface area contributed by atoms with Crippen molar-refractivity contribution in [1.82, 2.24) is 4.57 Å². The van der Waals surface area contributed by atoms with Gasteiger partial charge in [0, 0.05) is 23.0 Å². The van der Waals surface area contributed by atoms with Gasteiger partial charge in [-0.2, -0.15) is 0 Å². The van der Waals surface area contributed by atoms with Gasteiger partial charge >= 0.3 is 0 Å². The molecular formula is C14H15IN2O2. The summed E-state index contributed by atoms with van der Waals surface area (Å²) in [5.74, 6) is 1.19. The van der Waals surface area contributed by atoms with Gasteiger partial charge in [-0.05, 0) is 6.42 Å². The highest BCUT2D eigenvalue weighted by Crippen LogP contribution is 2.56. The van der Waals surface area contributed by atoms with Crippen LogP contribution in [-0.2, 0) is 14.1 Å². The van der Waals surface area contributed by atoms with Crippen LogP contribution in [0.5, 0.6) is 11.5 Å². The zero-order chi connectivity index (χ0) is 12.6. The average molecular weight is 370 g/mol. The average Bonchev–Trinajstić information content (AvgIpc) is 2.98. The Kier molecular flexibility index (Phi) is 2.61. The summed E-state index contributed by atoms with van der Waals surface area (Å²) in [4.78, 5) is 0. The van der Waals surface area contributed by atoms with Crippen LogP contribution in [0.15, 0.2) is 18.5 Å². The van der Waals surface area contributed by atoms with E-state index < -0.39 is 0 Å². The molecule has 0 aliphatic heterocycles. The maximum atomic E-state index is 10.5. The van der Waals surface area contributed by atoms with E-state index in [1.165, 1.54) is 0 Å². The summed E-state index contributed by atoms with van der Waals surface area (Å²) in [6.45, 7) is 0. The molecule has 1 aromatic carbocycles. The Balaban J connectivity index is 0.00000110. The molecule has 2 bridgehead atoms. The van der Waals surface area contributed by atoms with Crippen molar-refractivity contribution in [3.8, 4) is 11.5 Å². The van der Waals surface area contributed by atoms with Crippen LogP contribution in [0.2, 0.25) is 0 Å². The van der Waals surface area contributed by atoms with E-state index in [-0.39, 0.29) is 35.8 Å². The number of benzene rings is 1. The molecule has 100 valence electrons. The zero-order valence-corrected chi connectivity index (χ0v) is 12.9. The van der Waals surface area contributed by atoms with Crippen molar-refractivity contribution >= 4 is 11.0 Å². The number of allylic oxidation sites excluding steroid dienone is 2. The van der Waals surface area contributed by atoms with Crippen molar-refractivity contribution in [3.63, 3.8) is 0 Å². The second kappa shape index (κ2) is 3.88. The maximum absolute atomic E-state index is 10.5. The molecular weight excluding hydrogens is 355 g/mol. The van der Waals surface area contributed by atoms with Crippen LogP contribution >= 0.6 is 0 Å². The lowest BCUT2D eigenvalue weighted by molar-refractivity contribution is -0.645. The topological polar surface area (TPSA) is 49.3 Å². The monoisotopic (exact) mass is 370 g/mol. The summed E-state index contributed by atoms with van der Waals surface area (Å²) in [7, 11) is 3.77. The summed E-state index contributed by atoms with van der Waals surface area (Å²) >= 11 is 0. The van der Waals surface area contributed by atoms with Crippen molar-refractivity contribution in [1.29, 1.82) is 0 Å². The zero-order valence-electron chi connectivity index (χ0n) is 10.8. The molecule has 2 aliphatic carbocycles. The molecule has 2 unspecified atom stereocenters. The predicted molar refractivity (Wildman–Crippen MR) is 66.7 cm³/mol. The van der Waals surface area contributed by atoms with Gasteiger partial charge in [0.2, 0.25) is 17.4 Å². The third-order valence-corrected chi connectivity index (χ3v) is 4.35. The van der Waals surface area contributed by atoms with E-state index in [4.69, 9.17) is 0 Å². The van der Waals surface area contributed by atoms with Crippen molar-refractivity contribution in [3.05, 3.63) is 29.6 Å². The Bertz CT molecular complexity index is 675. The summed E-state index contributed by atoms with van der Waals surface area (Å²) in [5, 5.41) is 21.1. The van der Waals surface area contributed by atoms with E-state index in [1.807, 2.05) is 29.6 Å². The van der Waals surface area contributed by atoms with E-state index in [1.54, 1.807) is 0 Å². The number of aromatic nitrogens is 2. The van der Waals surface area contributed by atoms with Gasteiger partial charge < -0.3 is 34.2 Å². The Labute approximate surface area is 128 Å². The number of phenolic OH excluding ortho intramolecular Hbond substituents is 2. The molecule has 4 nitrogen and oxygen atoms in total. The van der Waals surface area contributed by atoms with E-state index >= 15 is 0 Å². The fourth-order valence-electron chi connectivity index (χ4n) is 3.66. The first kappa shape index (κ1) is 12.8. The van der Waals surface area contributed by atoms with E-state index in [0.717, 1.165) is 28.6 Å². The minimum absolute atomic E-state index is 0. The highest BCUT2D eigenvalue weighted by atomic mass is 127. The highest BCUT2D eigenvalue weighted by molar-refractivity contribution is 5.89. The summed E-state index contributed by atoms with van der Waals surface area (Å²) in [5.41, 5.74) is 3.29. The second-order valence-electron chi connectivity index (χ2n) is 5.39. The van der Waals surface area contributed by atoms with Gasteiger partial charge in [-0.15, -0.1) is 0 Å². The molecule has 0 saturated carbocycles. The van der Waals surface area contributed by atoms with Crippen molar-refractivity contribution < 1.29 is 38.8 Å². The molecule has 2 N–H and O–H groups in total. The molecule has 19 heavy (non-hydrogen) atoms. The number of halogens is 1. The lowest BCUT2D eigenvalue weighted by Crippen LogP contribution is -3.00. The number of rotatable bonds is 0. The first-order valence-corrected chi connectivity index (χ1v) is 6.20. The molecule has 2 aromatic rings. The number of nitrogens with zero attached hydrogens (tertiary/aromatic N) is 2. The SMILES string of the molecule is Cn1c[n+](C)c2c(O)c3c(c(O)c21)C1C=CC3C1.[I-]. The van der Waals surface area contributed by atoms with Gasteiger partial charge in [0.15, 0.2) is 11.5 Å². The normalized spacial score (nSPS) is 22.8. The molecule has 2 atom stereocenters. The third-order valence-electron chi connectivity index (χ3n) is 4.35. The third kappa shape index (κ3) is 1.36. The number of aromatic hydroxyl groups is 2. The Morgan fingerprint density at radius 3 is 2.37 bits per heavy atom. The second-order valence-corrected chi connectivity index (χ2v) is 5.39. The summed E-state index contributed by atoms with van der Waals surface area (Å²) in [6, 6.07) is 0. The van der Waals surface area contributed by atoms with Crippen LogP contribution in [0, 0.1) is 0 Å². The van der Waals surface area contributed by atoms with Gasteiger partial charge in [-0.3, -0.25) is 0 Å². The van der Waals surface area contributed by atoms with Crippen LogP contribution < -0.4 is 28.5 Å². The van der Waals surface area contributed by atoms with Gasteiger partial charge in [0.1, 0.15) is 0 Å². The number of hydrogen-bond acceptors (Lipinski definition) is 2. The molecule has 4 rings (SSSR count). The summed E-state index contributed by atoms with van der Waals surface area (Å²) < 4.78 is 3.72. The number of hydrogen-bond donors (Lipinski definition) is 2. The van der Waals surface area contributed by atoms with Gasteiger partial charge in [0.25, 0.3) is 0 Å². The van der Waals surface area contributed by atoms with Crippen molar-refractivity contribution in [2.75, 3.05) is 0 Å². The Morgan fingerprint density at radius 2 is 1.74 bits per heavy atom. The lowest BCUT2D eigenvalue weighted by atomic mass is 9.94. The minimum atomic E-state index is 0. The molecule has 2 aliphatic rings. The minimum Gasteiger partial charge on any atom is -1.00 e. The maximum Gasteiger partial charge on any atom is 0.244 e. The molecule has 0 amide bonds. The van der Waals surface area contributed by atoms with Gasteiger partial charge in [-0.1, -0.05) is 12.2 Å². The summed E-state index contributed by atoms with van der Waals surface area (Å²) in [6.07, 6.45) is 7.13. The largest absolute Gasteiger partial charge is 1.00 e. The number of phenols is 2. The molecule has 1 aromatic heterocycles. The fourth-order valence-corrected chi connectivity index (χ4v) is 3.66. The first-order chi connectivity index (χ1) is 8.59. The lowest BCUT2D eigenvalue weighted by Gasteiger charge is -2.13. The molecule has 0 radical (unpaired) electrons. The fraction of sp³-hybridized carbons (Fsp3) is 0.357. The number of aryl methyl sites for hydroxylation is 2. The van der Waals surface area contributed by atoms with E-state index in [0.29, 0.717) is 11.5 Å². The number of imidazole rings is 1. The predicted octanol–water partition coefficient (Wildman–Crippen LogP) is -1.44. The van der Waals surface area contributed by atoms with Crippen LogP contribution in [0.1, 0.15) is 29.4 Å². The van der Waals surface area contributed by atoms with Gasteiger partial charge in [0.05, 0.1) is 14.1 Å². The van der Waals surface area contributed by atoms with Crippen molar-refractivity contribution in [2.24, 2.45) is 14.1 Å². The van der Waals surface area contributed by atoms with E-state index in [2.05, 4.69) is 12.2 Å². The van der Waals surface area contributed by atoms with Gasteiger partial charge in [-0.25, -0.2) is 9.13 Å². The quantitative estimate of drug-likeness (QED) is 0.258. The Hall–Kier alpha value is -1.24.